The summed E-state index contributed by atoms with van der Waals surface area (Å²) in [4.78, 5) is 27.2. The Hall–Kier alpha value is -3.74. The van der Waals surface area contributed by atoms with E-state index in [1.165, 1.54) is 6.92 Å². The van der Waals surface area contributed by atoms with Crippen LogP contribution in [-0.2, 0) is 9.59 Å². The molecule has 0 aliphatic carbocycles. The smallest absolute Gasteiger partial charge is 0.220 e. The summed E-state index contributed by atoms with van der Waals surface area (Å²) in [6.07, 6.45) is 3.49. The van der Waals surface area contributed by atoms with E-state index in [-0.39, 0.29) is 24.8 Å². The number of Topliss-reactive ketones (excluding diaryl/α,β-unsaturated/α-hetero) is 1. The van der Waals surface area contributed by atoms with Crippen LogP contribution in [0.15, 0.2) is 47.5 Å². The van der Waals surface area contributed by atoms with Crippen molar-refractivity contribution in [2.45, 2.75) is 6.92 Å². The van der Waals surface area contributed by atoms with Crippen LogP contribution < -0.4 is 18.9 Å². The molecule has 0 bridgehead atoms. The first-order valence-electron chi connectivity index (χ1n) is 10.1. The number of piperidine rings is 1. The van der Waals surface area contributed by atoms with Crippen molar-refractivity contribution in [3.63, 3.8) is 0 Å². The second kappa shape index (κ2) is 10.0. The molecule has 1 amide bonds. The Labute approximate surface area is 187 Å². The molecule has 168 valence electrons. The van der Waals surface area contributed by atoms with Gasteiger partial charge in [0.05, 0.1) is 28.4 Å². The summed E-state index contributed by atoms with van der Waals surface area (Å²) >= 11 is 0. The van der Waals surface area contributed by atoms with Crippen LogP contribution in [0.2, 0.25) is 0 Å². The van der Waals surface area contributed by atoms with Gasteiger partial charge in [-0.25, -0.2) is 0 Å². The van der Waals surface area contributed by atoms with E-state index in [1.54, 1.807) is 81.9 Å². The van der Waals surface area contributed by atoms with Crippen LogP contribution in [0.25, 0.3) is 12.2 Å². The standard InChI is InChI=1S/C25H27NO6/c1-16(27)26-14-19(10-17-12-21(29-2)6-8-23(17)31-4)25(28)20(15-26)11-18-13-22(30-3)7-9-24(18)32-5/h6-13H,14-15H2,1-5H3/b19-10-,20-11+. The molecule has 1 aliphatic heterocycles. The highest BCUT2D eigenvalue weighted by Gasteiger charge is 2.28. The predicted molar refractivity (Wildman–Crippen MR) is 122 cm³/mol. The van der Waals surface area contributed by atoms with Crippen molar-refractivity contribution in [2.75, 3.05) is 41.5 Å². The van der Waals surface area contributed by atoms with Crippen LogP contribution >= 0.6 is 0 Å². The zero-order chi connectivity index (χ0) is 23.3. The third-order valence-corrected chi connectivity index (χ3v) is 5.28. The number of ether oxygens (including phenoxy) is 4. The maximum atomic E-state index is 13.4. The molecule has 1 saturated heterocycles. The van der Waals surface area contributed by atoms with E-state index in [1.807, 2.05) is 0 Å². The highest BCUT2D eigenvalue weighted by atomic mass is 16.5. The number of methoxy groups -OCH3 is 4. The quantitative estimate of drug-likeness (QED) is 0.643. The van der Waals surface area contributed by atoms with E-state index in [9.17, 15) is 9.59 Å². The van der Waals surface area contributed by atoms with E-state index in [0.717, 1.165) is 0 Å². The van der Waals surface area contributed by atoms with Gasteiger partial charge in [-0.15, -0.1) is 0 Å². The number of likely N-dealkylation sites (tertiary alicyclic amines) is 1. The number of benzene rings is 2. The van der Waals surface area contributed by atoms with Crippen molar-refractivity contribution in [1.82, 2.24) is 4.90 Å². The Morgan fingerprint density at radius 3 is 1.56 bits per heavy atom. The summed E-state index contributed by atoms with van der Waals surface area (Å²) in [5, 5.41) is 0. The van der Waals surface area contributed by atoms with E-state index in [2.05, 4.69) is 0 Å². The van der Waals surface area contributed by atoms with Crippen LogP contribution in [0.4, 0.5) is 0 Å². The van der Waals surface area contributed by atoms with Crippen molar-refractivity contribution >= 4 is 23.8 Å². The summed E-state index contributed by atoms with van der Waals surface area (Å²) in [6, 6.07) is 10.7. The minimum atomic E-state index is -0.141. The molecule has 2 aromatic carbocycles. The summed E-state index contributed by atoms with van der Waals surface area (Å²) in [5.74, 6) is 2.22. The molecule has 0 aromatic heterocycles. The Morgan fingerprint density at radius 2 is 1.22 bits per heavy atom. The molecular formula is C25H27NO6. The molecule has 1 fully saturated rings. The Bertz CT molecular complexity index is 1010. The number of hydrogen-bond donors (Lipinski definition) is 0. The Kier molecular flexibility index (Phi) is 7.20. The summed E-state index contributed by atoms with van der Waals surface area (Å²) in [7, 11) is 6.28. The van der Waals surface area contributed by atoms with Crippen LogP contribution in [0.3, 0.4) is 0 Å². The van der Waals surface area contributed by atoms with E-state index in [0.29, 0.717) is 45.3 Å². The largest absolute Gasteiger partial charge is 0.497 e. The summed E-state index contributed by atoms with van der Waals surface area (Å²) < 4.78 is 21.5. The number of ketones is 1. The normalized spacial score (nSPS) is 16.3. The maximum absolute atomic E-state index is 13.4. The number of carbonyl (C=O) groups excluding carboxylic acids is 2. The molecule has 0 atom stereocenters. The minimum absolute atomic E-state index is 0.121. The van der Waals surface area contributed by atoms with Crippen molar-refractivity contribution < 1.29 is 28.5 Å². The average Bonchev–Trinajstić information content (AvgIpc) is 2.81. The molecule has 0 N–H and O–H groups in total. The fourth-order valence-corrected chi connectivity index (χ4v) is 3.54. The van der Waals surface area contributed by atoms with Crippen LogP contribution in [0.5, 0.6) is 23.0 Å². The minimum Gasteiger partial charge on any atom is -0.497 e. The molecule has 7 heteroatoms. The van der Waals surface area contributed by atoms with Gasteiger partial charge in [0.1, 0.15) is 23.0 Å². The molecular weight excluding hydrogens is 410 g/mol. The van der Waals surface area contributed by atoms with Gasteiger partial charge in [-0.1, -0.05) is 0 Å². The second-order valence-corrected chi connectivity index (χ2v) is 7.26. The average molecular weight is 437 g/mol. The number of nitrogens with zero attached hydrogens (tertiary/aromatic N) is 1. The first-order chi connectivity index (χ1) is 15.4. The van der Waals surface area contributed by atoms with Crippen LogP contribution in [0.1, 0.15) is 18.1 Å². The summed E-state index contributed by atoms with van der Waals surface area (Å²) in [5.41, 5.74) is 2.34. The molecule has 0 unspecified atom stereocenters. The van der Waals surface area contributed by atoms with Gasteiger partial charge in [0.15, 0.2) is 5.78 Å². The molecule has 1 aliphatic rings. The van der Waals surface area contributed by atoms with Gasteiger partial charge in [-0.2, -0.15) is 0 Å². The molecule has 32 heavy (non-hydrogen) atoms. The lowest BCUT2D eigenvalue weighted by Crippen LogP contribution is -2.40. The number of rotatable bonds is 6. The second-order valence-electron chi connectivity index (χ2n) is 7.26. The first-order valence-corrected chi connectivity index (χ1v) is 10.1. The van der Waals surface area contributed by atoms with E-state index in [4.69, 9.17) is 18.9 Å². The third kappa shape index (κ3) is 4.94. The maximum Gasteiger partial charge on any atom is 0.220 e. The Morgan fingerprint density at radius 1 is 0.781 bits per heavy atom. The van der Waals surface area contributed by atoms with Crippen molar-refractivity contribution in [1.29, 1.82) is 0 Å². The van der Waals surface area contributed by atoms with Crippen molar-refractivity contribution in [3.8, 4) is 23.0 Å². The lowest BCUT2D eigenvalue weighted by atomic mass is 9.93. The fraction of sp³-hybridized carbons (Fsp3) is 0.280. The fourth-order valence-electron chi connectivity index (χ4n) is 3.54. The molecule has 3 rings (SSSR count). The van der Waals surface area contributed by atoms with Crippen molar-refractivity contribution in [2.24, 2.45) is 0 Å². The van der Waals surface area contributed by atoms with Gasteiger partial charge in [-0.3, -0.25) is 9.59 Å². The molecule has 1 heterocycles. The van der Waals surface area contributed by atoms with E-state index >= 15 is 0 Å². The van der Waals surface area contributed by atoms with Gasteiger partial charge in [-0.05, 0) is 48.6 Å². The highest BCUT2D eigenvalue weighted by molar-refractivity contribution is 6.15. The lowest BCUT2D eigenvalue weighted by molar-refractivity contribution is -0.129. The number of hydrogen-bond acceptors (Lipinski definition) is 6. The highest BCUT2D eigenvalue weighted by Crippen LogP contribution is 2.31. The van der Waals surface area contributed by atoms with Gasteiger partial charge < -0.3 is 23.8 Å². The molecule has 7 nitrogen and oxygen atoms in total. The SMILES string of the molecule is COc1ccc(OC)c(/C=C2/CN(C(C)=O)C/C(=C\c3cc(OC)ccc3OC)C2=O)c1. The van der Waals surface area contributed by atoms with Crippen LogP contribution in [0, 0.1) is 0 Å². The predicted octanol–water partition coefficient (Wildman–Crippen LogP) is 3.62. The summed E-state index contributed by atoms with van der Waals surface area (Å²) in [6.45, 7) is 1.91. The molecule has 0 radical (unpaired) electrons. The van der Waals surface area contributed by atoms with Gasteiger partial charge >= 0.3 is 0 Å². The molecule has 0 saturated carbocycles. The third-order valence-electron chi connectivity index (χ3n) is 5.28. The van der Waals surface area contributed by atoms with Crippen LogP contribution in [-0.4, -0.2) is 58.1 Å². The number of carbonyl (C=O) groups is 2. The number of amides is 1. The topological polar surface area (TPSA) is 74.3 Å². The van der Waals surface area contributed by atoms with E-state index < -0.39 is 0 Å². The molecule has 2 aromatic rings. The van der Waals surface area contributed by atoms with Gasteiger partial charge in [0.25, 0.3) is 0 Å². The molecule has 0 spiro atoms. The van der Waals surface area contributed by atoms with Gasteiger partial charge in [0, 0.05) is 42.3 Å². The first kappa shape index (κ1) is 22.9. The lowest BCUT2D eigenvalue weighted by Gasteiger charge is -2.29. The zero-order valence-electron chi connectivity index (χ0n) is 18.9. The van der Waals surface area contributed by atoms with Gasteiger partial charge in [0.2, 0.25) is 5.91 Å². The Balaban J connectivity index is 2.09. The zero-order valence-corrected chi connectivity index (χ0v) is 18.9. The monoisotopic (exact) mass is 437 g/mol. The van der Waals surface area contributed by atoms with Crippen molar-refractivity contribution in [3.05, 3.63) is 58.7 Å².